The number of benzene rings is 1. The summed E-state index contributed by atoms with van der Waals surface area (Å²) in [6.45, 7) is 2.71. The summed E-state index contributed by atoms with van der Waals surface area (Å²) >= 11 is 0. The van der Waals surface area contributed by atoms with E-state index >= 15 is 0 Å². The maximum atomic E-state index is 11.7. The summed E-state index contributed by atoms with van der Waals surface area (Å²) < 4.78 is 12.0. The Morgan fingerprint density at radius 2 is 1.94 bits per heavy atom. The van der Waals surface area contributed by atoms with Crippen molar-refractivity contribution in [3.8, 4) is 11.3 Å². The molecule has 33 heavy (non-hydrogen) atoms. The van der Waals surface area contributed by atoms with Crippen molar-refractivity contribution in [2.75, 3.05) is 43.6 Å². The average Bonchev–Trinajstić information content (AvgIpc) is 3.24. The number of hydrogen-bond acceptors (Lipinski definition) is 9. The number of methoxy groups -OCH3 is 1. The molecule has 0 amide bonds. The molecule has 4 heterocycles. The molecule has 1 aliphatic rings. The summed E-state index contributed by atoms with van der Waals surface area (Å²) in [6.07, 6.45) is 3.42. The van der Waals surface area contributed by atoms with Gasteiger partial charge >= 0.3 is 5.97 Å². The van der Waals surface area contributed by atoms with Crippen LogP contribution < -0.4 is 10.2 Å². The molecule has 0 saturated carbocycles. The van der Waals surface area contributed by atoms with E-state index in [1.807, 2.05) is 36.1 Å². The molecule has 1 aliphatic heterocycles. The van der Waals surface area contributed by atoms with Gasteiger partial charge in [0.2, 0.25) is 5.95 Å². The van der Waals surface area contributed by atoms with E-state index in [1.54, 1.807) is 18.3 Å². The van der Waals surface area contributed by atoms with Crippen molar-refractivity contribution in [1.82, 2.24) is 24.7 Å². The van der Waals surface area contributed by atoms with Crippen LogP contribution in [0.3, 0.4) is 0 Å². The molecule has 0 bridgehead atoms. The first-order valence-corrected chi connectivity index (χ1v) is 10.6. The zero-order valence-electron chi connectivity index (χ0n) is 18.4. The van der Waals surface area contributed by atoms with Gasteiger partial charge in [0.05, 0.1) is 49.6 Å². The van der Waals surface area contributed by atoms with Crippen LogP contribution in [-0.2, 0) is 16.5 Å². The smallest absolute Gasteiger partial charge is 0.356 e. The first-order chi connectivity index (χ1) is 16.1. The van der Waals surface area contributed by atoms with Crippen LogP contribution in [-0.4, -0.2) is 64.1 Å². The summed E-state index contributed by atoms with van der Waals surface area (Å²) in [5.74, 6) is 0.771. The number of morpholine rings is 1. The number of carbonyl (C=O) groups is 1. The third kappa shape index (κ3) is 4.33. The quantitative estimate of drug-likeness (QED) is 0.464. The van der Waals surface area contributed by atoms with Crippen LogP contribution >= 0.6 is 0 Å². The first kappa shape index (κ1) is 20.8. The maximum absolute atomic E-state index is 11.7. The van der Waals surface area contributed by atoms with Crippen molar-refractivity contribution in [3.05, 3.63) is 54.5 Å². The second-order valence-electron chi connectivity index (χ2n) is 7.63. The van der Waals surface area contributed by atoms with Gasteiger partial charge in [-0.1, -0.05) is 12.1 Å². The molecule has 10 heteroatoms. The number of fused-ring (bicyclic) bond motifs is 1. The molecule has 0 radical (unpaired) electrons. The van der Waals surface area contributed by atoms with Crippen LogP contribution in [0.15, 0.2) is 48.8 Å². The molecule has 0 unspecified atom stereocenters. The molecule has 1 N–H and O–H groups in total. The molecule has 3 aromatic heterocycles. The van der Waals surface area contributed by atoms with Crippen molar-refractivity contribution >= 4 is 34.3 Å². The lowest BCUT2D eigenvalue weighted by Crippen LogP contribution is -2.37. The Labute approximate surface area is 190 Å². The summed E-state index contributed by atoms with van der Waals surface area (Å²) in [5, 5.41) is 8.68. The first-order valence-electron chi connectivity index (χ1n) is 10.6. The maximum Gasteiger partial charge on any atom is 0.356 e. The summed E-state index contributed by atoms with van der Waals surface area (Å²) in [4.78, 5) is 27.5. The highest BCUT2D eigenvalue weighted by Crippen LogP contribution is 2.28. The number of aryl methyl sites for hydroxylation is 1. The van der Waals surface area contributed by atoms with Gasteiger partial charge in [-0.3, -0.25) is 4.68 Å². The minimum atomic E-state index is -0.481. The average molecular weight is 445 g/mol. The van der Waals surface area contributed by atoms with Crippen molar-refractivity contribution in [3.63, 3.8) is 0 Å². The third-order valence-corrected chi connectivity index (χ3v) is 5.48. The van der Waals surface area contributed by atoms with Crippen LogP contribution in [0.2, 0.25) is 0 Å². The second-order valence-corrected chi connectivity index (χ2v) is 7.63. The van der Waals surface area contributed by atoms with Crippen molar-refractivity contribution < 1.29 is 14.3 Å². The number of anilines is 3. The van der Waals surface area contributed by atoms with Crippen LogP contribution in [0.1, 0.15) is 10.5 Å². The van der Waals surface area contributed by atoms with Gasteiger partial charge in [-0.05, 0) is 18.2 Å². The van der Waals surface area contributed by atoms with Gasteiger partial charge in [0.1, 0.15) is 11.5 Å². The molecule has 168 valence electrons. The molecular formula is C23H23N7O3. The second kappa shape index (κ2) is 8.83. The number of hydrogen-bond donors (Lipinski definition) is 1. The number of nitrogens with zero attached hydrogens (tertiary/aromatic N) is 6. The number of aromatic nitrogens is 5. The van der Waals surface area contributed by atoms with E-state index in [-0.39, 0.29) is 5.69 Å². The van der Waals surface area contributed by atoms with Crippen LogP contribution in [0, 0.1) is 0 Å². The number of nitrogens with one attached hydrogen (secondary N) is 1. The lowest BCUT2D eigenvalue weighted by molar-refractivity contribution is 0.0594. The fourth-order valence-electron chi connectivity index (χ4n) is 3.70. The summed E-state index contributed by atoms with van der Waals surface area (Å²) in [6, 6.07) is 11.4. The molecule has 0 spiro atoms. The molecule has 0 atom stereocenters. The molecule has 1 saturated heterocycles. The lowest BCUT2D eigenvalue weighted by Gasteiger charge is -2.27. The molecule has 10 nitrogen and oxygen atoms in total. The van der Waals surface area contributed by atoms with Crippen LogP contribution in [0.5, 0.6) is 0 Å². The number of esters is 1. The highest BCUT2D eigenvalue weighted by molar-refractivity contribution is 5.87. The molecule has 4 aromatic rings. The Balaban J connectivity index is 1.52. The normalized spacial score (nSPS) is 13.8. The van der Waals surface area contributed by atoms with Crippen LogP contribution in [0.25, 0.3) is 22.2 Å². The van der Waals surface area contributed by atoms with Gasteiger partial charge in [0, 0.05) is 37.2 Å². The number of ether oxygens (including phenoxy) is 2. The zero-order valence-corrected chi connectivity index (χ0v) is 18.4. The van der Waals surface area contributed by atoms with E-state index in [2.05, 4.69) is 26.4 Å². The third-order valence-electron chi connectivity index (χ3n) is 5.48. The van der Waals surface area contributed by atoms with E-state index < -0.39 is 5.97 Å². The molecular weight excluding hydrogens is 422 g/mol. The van der Waals surface area contributed by atoms with E-state index in [9.17, 15) is 4.79 Å². The standard InChI is InChI=1S/C23H23N7O3/c1-29-20-11-15(3-4-16(20)13-25-29)19-12-21(28-23(27-19)30-7-9-33-10-8-30)26-17-5-6-18(24-14-17)22(31)32-2/h3-6,11-14H,7-10H2,1-2H3,(H,26,27,28). The van der Waals surface area contributed by atoms with Crippen molar-refractivity contribution in [2.24, 2.45) is 7.05 Å². The zero-order chi connectivity index (χ0) is 22.8. The highest BCUT2D eigenvalue weighted by Gasteiger charge is 2.17. The predicted molar refractivity (Wildman–Crippen MR) is 124 cm³/mol. The molecule has 0 aliphatic carbocycles. The predicted octanol–water partition coefficient (Wildman–Crippen LogP) is 2.79. The Kier molecular flexibility index (Phi) is 5.57. The minimum absolute atomic E-state index is 0.241. The molecule has 5 rings (SSSR count). The molecule has 1 fully saturated rings. The van der Waals surface area contributed by atoms with Crippen molar-refractivity contribution in [1.29, 1.82) is 0 Å². The van der Waals surface area contributed by atoms with Gasteiger partial charge in [-0.2, -0.15) is 10.1 Å². The van der Waals surface area contributed by atoms with Gasteiger partial charge < -0.3 is 19.7 Å². The fourth-order valence-corrected chi connectivity index (χ4v) is 3.70. The number of rotatable bonds is 5. The Morgan fingerprint density at radius 3 is 2.70 bits per heavy atom. The van der Waals surface area contributed by atoms with E-state index in [4.69, 9.17) is 19.4 Å². The lowest BCUT2D eigenvalue weighted by atomic mass is 10.1. The number of pyridine rings is 1. The SMILES string of the molecule is COC(=O)c1ccc(Nc2cc(-c3ccc4cnn(C)c4c3)nc(N3CCOCC3)n2)cn1. The summed E-state index contributed by atoms with van der Waals surface area (Å²) in [7, 11) is 3.25. The van der Waals surface area contributed by atoms with Crippen LogP contribution in [0.4, 0.5) is 17.5 Å². The monoisotopic (exact) mass is 445 g/mol. The van der Waals surface area contributed by atoms with Crippen molar-refractivity contribution in [2.45, 2.75) is 0 Å². The Morgan fingerprint density at radius 1 is 1.09 bits per heavy atom. The Hall–Kier alpha value is -4.05. The van der Waals surface area contributed by atoms with E-state index in [0.717, 1.165) is 35.2 Å². The van der Waals surface area contributed by atoms with Gasteiger partial charge in [-0.15, -0.1) is 0 Å². The summed E-state index contributed by atoms with van der Waals surface area (Å²) in [5.41, 5.74) is 3.71. The fraction of sp³-hybridized carbons (Fsp3) is 0.261. The topological polar surface area (TPSA) is 107 Å². The van der Waals surface area contributed by atoms with Gasteiger partial charge in [-0.25, -0.2) is 14.8 Å². The minimum Gasteiger partial charge on any atom is -0.464 e. The largest absolute Gasteiger partial charge is 0.464 e. The van der Waals surface area contributed by atoms with E-state index in [0.29, 0.717) is 30.7 Å². The van der Waals surface area contributed by atoms with Gasteiger partial charge in [0.15, 0.2) is 0 Å². The van der Waals surface area contributed by atoms with E-state index in [1.165, 1.54) is 7.11 Å². The highest BCUT2D eigenvalue weighted by atomic mass is 16.5. The van der Waals surface area contributed by atoms with Gasteiger partial charge in [0.25, 0.3) is 0 Å². The Bertz CT molecular complexity index is 1300. The molecule has 1 aromatic carbocycles. The number of carbonyl (C=O) groups excluding carboxylic acids is 1.